The largest absolute Gasteiger partial charge is 0.389 e. The number of piperidine rings is 1. The van der Waals surface area contributed by atoms with E-state index in [4.69, 9.17) is 0 Å². The van der Waals surface area contributed by atoms with Crippen LogP contribution in [0.1, 0.15) is 43.8 Å². The van der Waals surface area contributed by atoms with Gasteiger partial charge >= 0.3 is 0 Å². The van der Waals surface area contributed by atoms with Crippen LogP contribution < -0.4 is 4.90 Å². The van der Waals surface area contributed by atoms with E-state index >= 15 is 0 Å². The number of hydrogen-bond acceptors (Lipinski definition) is 5. The zero-order chi connectivity index (χ0) is 16.7. The minimum absolute atomic E-state index is 0.0213. The van der Waals surface area contributed by atoms with Crippen LogP contribution in [0.3, 0.4) is 0 Å². The SMILES string of the molecule is Cn1cc(N2CCCC(n3cc(CC4(O)CCC4)nn3)C2=O)cn1. The standard InChI is InChI=1S/C16H22N6O2/c1-20-11-13(9-17-20)21-7-2-4-14(15(21)23)22-10-12(18-19-22)8-16(24)5-3-6-16/h9-11,14,24H,2-8H2,1H3. The van der Waals surface area contributed by atoms with Crippen LogP contribution in [0.2, 0.25) is 0 Å². The summed E-state index contributed by atoms with van der Waals surface area (Å²) in [4.78, 5) is 14.6. The summed E-state index contributed by atoms with van der Waals surface area (Å²) in [5.41, 5.74) is 0.943. The Kier molecular flexibility index (Phi) is 3.64. The second-order valence-electron chi connectivity index (χ2n) is 6.96. The number of aromatic nitrogens is 5. The lowest BCUT2D eigenvalue weighted by molar-refractivity contribution is -0.123. The van der Waals surface area contributed by atoms with Crippen LogP contribution in [0.15, 0.2) is 18.6 Å². The molecule has 1 amide bonds. The van der Waals surface area contributed by atoms with Crippen LogP contribution in [0.5, 0.6) is 0 Å². The number of carbonyl (C=O) groups is 1. The van der Waals surface area contributed by atoms with E-state index in [2.05, 4.69) is 15.4 Å². The van der Waals surface area contributed by atoms with Crippen molar-refractivity contribution in [1.82, 2.24) is 24.8 Å². The van der Waals surface area contributed by atoms with Gasteiger partial charge in [-0.15, -0.1) is 5.10 Å². The summed E-state index contributed by atoms with van der Waals surface area (Å²) < 4.78 is 3.35. The van der Waals surface area contributed by atoms with E-state index in [1.807, 2.05) is 19.4 Å². The molecule has 4 rings (SSSR count). The summed E-state index contributed by atoms with van der Waals surface area (Å²) in [6.07, 6.45) is 10.2. The number of aryl methyl sites for hydroxylation is 1. The van der Waals surface area contributed by atoms with Gasteiger partial charge in [-0.3, -0.25) is 9.48 Å². The Morgan fingerprint density at radius 1 is 1.33 bits per heavy atom. The van der Waals surface area contributed by atoms with Gasteiger partial charge in [-0.05, 0) is 32.1 Å². The van der Waals surface area contributed by atoms with E-state index in [9.17, 15) is 9.90 Å². The molecule has 8 nitrogen and oxygen atoms in total. The molecule has 3 heterocycles. The molecule has 24 heavy (non-hydrogen) atoms. The van der Waals surface area contributed by atoms with Crippen molar-refractivity contribution in [1.29, 1.82) is 0 Å². The van der Waals surface area contributed by atoms with Crippen LogP contribution in [0.4, 0.5) is 5.69 Å². The fourth-order valence-electron chi connectivity index (χ4n) is 3.55. The van der Waals surface area contributed by atoms with E-state index in [1.165, 1.54) is 0 Å². The fraction of sp³-hybridized carbons (Fsp3) is 0.625. The molecule has 1 unspecified atom stereocenters. The van der Waals surface area contributed by atoms with Gasteiger partial charge in [0.2, 0.25) is 0 Å². The molecule has 2 fully saturated rings. The highest BCUT2D eigenvalue weighted by Gasteiger charge is 2.36. The second-order valence-corrected chi connectivity index (χ2v) is 6.96. The van der Waals surface area contributed by atoms with E-state index < -0.39 is 5.60 Å². The van der Waals surface area contributed by atoms with Crippen molar-refractivity contribution in [3.05, 3.63) is 24.3 Å². The molecule has 1 saturated heterocycles. The zero-order valence-electron chi connectivity index (χ0n) is 13.8. The van der Waals surface area contributed by atoms with Crippen LogP contribution in [-0.2, 0) is 18.3 Å². The van der Waals surface area contributed by atoms with Gasteiger partial charge in [0.1, 0.15) is 6.04 Å². The molecule has 1 aliphatic heterocycles. The molecule has 1 saturated carbocycles. The first kappa shape index (κ1) is 15.3. The first-order valence-electron chi connectivity index (χ1n) is 8.47. The van der Waals surface area contributed by atoms with Crippen molar-refractivity contribution in [2.75, 3.05) is 11.4 Å². The monoisotopic (exact) mass is 330 g/mol. The Balaban J connectivity index is 1.51. The molecule has 0 aromatic carbocycles. The summed E-state index contributed by atoms with van der Waals surface area (Å²) in [5.74, 6) is 0.0213. The van der Waals surface area contributed by atoms with Crippen molar-refractivity contribution < 1.29 is 9.90 Å². The lowest BCUT2D eigenvalue weighted by Gasteiger charge is -2.35. The molecular formula is C16H22N6O2. The zero-order valence-corrected chi connectivity index (χ0v) is 13.8. The van der Waals surface area contributed by atoms with Gasteiger partial charge in [-0.25, -0.2) is 4.68 Å². The average molecular weight is 330 g/mol. The number of rotatable bonds is 4. The molecule has 128 valence electrons. The molecule has 0 spiro atoms. The maximum Gasteiger partial charge on any atom is 0.251 e. The first-order valence-corrected chi connectivity index (χ1v) is 8.47. The number of hydrogen-bond donors (Lipinski definition) is 1. The lowest BCUT2D eigenvalue weighted by Crippen LogP contribution is -2.42. The molecule has 1 atom stereocenters. The normalized spacial score (nSPS) is 23.3. The highest BCUT2D eigenvalue weighted by Crippen LogP contribution is 2.34. The first-order chi connectivity index (χ1) is 11.5. The quantitative estimate of drug-likeness (QED) is 0.897. The summed E-state index contributed by atoms with van der Waals surface area (Å²) in [5, 5.41) is 22.7. The third kappa shape index (κ3) is 2.71. The van der Waals surface area contributed by atoms with E-state index in [0.29, 0.717) is 13.0 Å². The van der Waals surface area contributed by atoms with Crippen molar-refractivity contribution in [3.63, 3.8) is 0 Å². The van der Waals surface area contributed by atoms with Crippen molar-refractivity contribution in [2.45, 2.75) is 50.2 Å². The molecule has 2 aliphatic rings. The maximum atomic E-state index is 12.8. The van der Waals surface area contributed by atoms with Gasteiger partial charge in [-0.2, -0.15) is 5.10 Å². The summed E-state index contributed by atoms with van der Waals surface area (Å²) in [6, 6.07) is -0.337. The number of nitrogens with zero attached hydrogens (tertiary/aromatic N) is 6. The minimum Gasteiger partial charge on any atom is -0.389 e. The summed E-state index contributed by atoms with van der Waals surface area (Å²) >= 11 is 0. The molecule has 0 bridgehead atoms. The predicted octanol–water partition coefficient (Wildman–Crippen LogP) is 0.837. The number of carbonyl (C=O) groups excluding carboxylic acids is 1. The van der Waals surface area contributed by atoms with E-state index in [0.717, 1.165) is 43.5 Å². The van der Waals surface area contributed by atoms with Crippen LogP contribution in [0.25, 0.3) is 0 Å². The summed E-state index contributed by atoms with van der Waals surface area (Å²) in [7, 11) is 1.84. The minimum atomic E-state index is -0.626. The predicted molar refractivity (Wildman–Crippen MR) is 86.4 cm³/mol. The van der Waals surface area contributed by atoms with Crippen molar-refractivity contribution in [2.24, 2.45) is 7.05 Å². The molecule has 0 radical (unpaired) electrons. The molecule has 1 aliphatic carbocycles. The summed E-state index contributed by atoms with van der Waals surface area (Å²) in [6.45, 7) is 0.697. The maximum absolute atomic E-state index is 12.8. The van der Waals surface area contributed by atoms with Crippen LogP contribution in [-0.4, -0.2) is 47.9 Å². The fourth-order valence-corrected chi connectivity index (χ4v) is 3.55. The van der Waals surface area contributed by atoms with Gasteiger partial charge in [0.25, 0.3) is 5.91 Å². The Labute approximate surface area is 140 Å². The Morgan fingerprint density at radius 3 is 2.83 bits per heavy atom. The molecule has 2 aromatic rings. The lowest BCUT2D eigenvalue weighted by atomic mass is 9.77. The number of anilines is 1. The van der Waals surface area contributed by atoms with Gasteiger partial charge in [0.15, 0.2) is 0 Å². The Hall–Kier alpha value is -2.22. The third-order valence-electron chi connectivity index (χ3n) is 5.08. The second kappa shape index (κ2) is 5.70. The highest BCUT2D eigenvalue weighted by molar-refractivity contribution is 5.96. The van der Waals surface area contributed by atoms with Crippen molar-refractivity contribution >= 4 is 11.6 Å². The van der Waals surface area contributed by atoms with Gasteiger partial charge < -0.3 is 10.0 Å². The average Bonchev–Trinajstić information content (AvgIpc) is 3.15. The van der Waals surface area contributed by atoms with Gasteiger partial charge in [0.05, 0.1) is 23.2 Å². The third-order valence-corrected chi connectivity index (χ3v) is 5.08. The van der Waals surface area contributed by atoms with Gasteiger partial charge in [-0.1, -0.05) is 5.21 Å². The number of amides is 1. The molecule has 1 N–H and O–H groups in total. The van der Waals surface area contributed by atoms with Crippen LogP contribution in [0, 0.1) is 0 Å². The Morgan fingerprint density at radius 2 is 2.17 bits per heavy atom. The van der Waals surface area contributed by atoms with E-state index in [-0.39, 0.29) is 11.9 Å². The smallest absolute Gasteiger partial charge is 0.251 e. The molecular weight excluding hydrogens is 308 g/mol. The molecule has 2 aromatic heterocycles. The highest BCUT2D eigenvalue weighted by atomic mass is 16.3. The van der Waals surface area contributed by atoms with Gasteiger partial charge in [0, 0.05) is 32.4 Å². The Bertz CT molecular complexity index is 747. The number of aliphatic hydroxyl groups is 1. The molecule has 8 heteroatoms. The van der Waals surface area contributed by atoms with Crippen molar-refractivity contribution in [3.8, 4) is 0 Å². The van der Waals surface area contributed by atoms with E-state index in [1.54, 1.807) is 20.5 Å². The van der Waals surface area contributed by atoms with Crippen LogP contribution >= 0.6 is 0 Å². The topological polar surface area (TPSA) is 89.1 Å².